The Morgan fingerprint density at radius 2 is 2.14 bits per heavy atom. The van der Waals surface area contributed by atoms with Crippen LogP contribution in [0.2, 0.25) is 0 Å². The monoisotopic (exact) mass is 228 g/mol. The Kier molecular flexibility index (Phi) is 10.2. The summed E-state index contributed by atoms with van der Waals surface area (Å²) in [6.07, 6.45) is -1.58. The van der Waals surface area contributed by atoms with E-state index in [0.29, 0.717) is 0 Å². The Hall–Kier alpha value is 0.706. The molecule has 0 aromatic carbocycles. The molecule has 0 atom stereocenters. The second-order valence-electron chi connectivity index (χ2n) is 0.480. The minimum atomic E-state index is -1.58. The molecule has 0 rings (SSSR count). The van der Waals surface area contributed by atoms with Crippen LogP contribution >= 0.6 is 0 Å². The molecule has 0 saturated carbocycles. The summed E-state index contributed by atoms with van der Waals surface area (Å²) in [5, 5.41) is 7.46. The van der Waals surface area contributed by atoms with E-state index >= 15 is 0 Å². The van der Waals surface area contributed by atoms with E-state index in [4.69, 9.17) is 14.6 Å². The van der Waals surface area contributed by atoms with Gasteiger partial charge in [-0.2, -0.15) is 0 Å². The van der Waals surface area contributed by atoms with Crippen LogP contribution in [0.3, 0.4) is 0 Å². The van der Waals surface area contributed by atoms with E-state index in [1.165, 1.54) is 0 Å². The van der Waals surface area contributed by atoms with E-state index in [9.17, 15) is 0 Å². The van der Waals surface area contributed by atoms with Crippen molar-refractivity contribution in [3.05, 3.63) is 0 Å². The normalized spacial score (nSPS) is 5.14. The summed E-state index contributed by atoms with van der Waals surface area (Å²) in [6.45, 7) is 0. The van der Waals surface area contributed by atoms with Gasteiger partial charge in [-0.25, -0.2) is 0 Å². The predicted molar refractivity (Wildman–Crippen MR) is 24.1 cm³/mol. The molecule has 0 fully saturated rings. The number of carbonyl (C=O) groups is 1. The van der Waals surface area contributed by atoms with Crippen LogP contribution in [0, 0.1) is 0 Å². The second kappa shape index (κ2) is 6.71. The molecule has 1 N–H and O–H groups in total. The topological polar surface area (TPSA) is 63.6 Å². The van der Waals surface area contributed by atoms with Crippen molar-refractivity contribution >= 4 is 62.4 Å². The van der Waals surface area contributed by atoms with Crippen molar-refractivity contribution in [1.29, 1.82) is 0 Å². The molecule has 0 spiro atoms. The maximum atomic E-state index is 9.15. The Labute approximate surface area is 80.6 Å². The fourth-order valence-corrected chi connectivity index (χ4v) is 0.0412. The van der Waals surface area contributed by atoms with Crippen LogP contribution in [-0.4, -0.2) is 67.5 Å². The van der Waals surface area contributed by atoms with Crippen LogP contribution < -0.4 is 0 Å². The van der Waals surface area contributed by atoms with Crippen molar-refractivity contribution in [2.75, 3.05) is 0 Å². The third-order valence-corrected chi connectivity index (χ3v) is 0.149. The number of rotatable bonds is 1. The van der Waals surface area contributed by atoms with Crippen LogP contribution in [-0.2, 0) is 9.36 Å². The standard InChI is InChI=1S/CHBO4.Ba.2H/c3-1(4)6-2-5;;;/h(H,3,4);;;. The molecule has 6 heteroatoms. The molecule has 0 aliphatic heterocycles. The van der Waals surface area contributed by atoms with Gasteiger partial charge >= 0.3 is 81.6 Å². The Morgan fingerprint density at radius 1 is 1.71 bits per heavy atom. The average molecular weight is 227 g/mol. The molecule has 0 amide bonds. The van der Waals surface area contributed by atoms with Gasteiger partial charge in [0.25, 0.3) is 0 Å². The second-order valence-corrected chi connectivity index (χ2v) is 0.480. The molecule has 0 heterocycles. The molecule has 0 aromatic rings. The number of hydrogen-bond acceptors (Lipinski definition) is 3. The molecule has 0 aromatic heterocycles. The van der Waals surface area contributed by atoms with Crippen molar-refractivity contribution in [3.8, 4) is 0 Å². The van der Waals surface area contributed by atoms with Gasteiger partial charge in [0.15, 0.2) is 0 Å². The number of carboxylic acid groups (broad SMARTS) is 1. The molecule has 4 nitrogen and oxygen atoms in total. The van der Waals surface area contributed by atoms with E-state index in [2.05, 4.69) is 4.65 Å². The van der Waals surface area contributed by atoms with E-state index in [1.54, 1.807) is 0 Å². The van der Waals surface area contributed by atoms with E-state index in [0.717, 1.165) is 0 Å². The Balaban J connectivity index is 0. The zero-order chi connectivity index (χ0) is 4.99. The van der Waals surface area contributed by atoms with Crippen LogP contribution in [0.5, 0.6) is 0 Å². The quantitative estimate of drug-likeness (QED) is 0.567. The van der Waals surface area contributed by atoms with Gasteiger partial charge in [-0.15, -0.1) is 0 Å². The number of hydrogen-bond donors (Lipinski definition) is 1. The summed E-state index contributed by atoms with van der Waals surface area (Å²) in [7, 11) is -0.150. The summed E-state index contributed by atoms with van der Waals surface area (Å²) >= 11 is 0. The van der Waals surface area contributed by atoms with Gasteiger partial charge in [0.2, 0.25) is 0 Å². The molecule has 0 saturated heterocycles. The first-order chi connectivity index (χ1) is 2.77. The van der Waals surface area contributed by atoms with Crippen molar-refractivity contribution in [2.45, 2.75) is 0 Å². The van der Waals surface area contributed by atoms with Gasteiger partial charge in [-0.05, 0) is 0 Å². The van der Waals surface area contributed by atoms with Gasteiger partial charge in [0.1, 0.15) is 0 Å². The molecule has 0 unspecified atom stereocenters. The fourth-order valence-electron chi connectivity index (χ4n) is 0.0412. The molecule has 0 bridgehead atoms. The van der Waals surface area contributed by atoms with Crippen molar-refractivity contribution in [3.63, 3.8) is 0 Å². The third kappa shape index (κ3) is 10.8. The van der Waals surface area contributed by atoms with Crippen molar-refractivity contribution in [2.24, 2.45) is 0 Å². The zero-order valence-electron chi connectivity index (χ0n) is 2.75. The summed E-state index contributed by atoms with van der Waals surface area (Å²) in [5.74, 6) is 0. The van der Waals surface area contributed by atoms with Gasteiger partial charge < -0.3 is 0 Å². The Bertz CT molecular complexity index is 72.1. The molecular formula is CH3BBaO4. The van der Waals surface area contributed by atoms with Crippen molar-refractivity contribution < 1.29 is 19.3 Å². The minimum absolute atomic E-state index is 0. The van der Waals surface area contributed by atoms with Crippen LogP contribution in [0.25, 0.3) is 0 Å². The molecular weight excluding hydrogens is 224 g/mol. The van der Waals surface area contributed by atoms with Crippen LogP contribution in [0.1, 0.15) is 0 Å². The molecule has 0 radical (unpaired) electrons. The van der Waals surface area contributed by atoms with E-state index in [-0.39, 0.29) is 56.2 Å². The SMILES string of the molecule is O=BOC(=O)O.[BaH2]. The molecule has 7 heavy (non-hydrogen) atoms. The molecule has 36 valence electrons. The van der Waals surface area contributed by atoms with E-state index < -0.39 is 6.16 Å². The first-order valence-corrected chi connectivity index (χ1v) is 1.10. The zero-order valence-corrected chi connectivity index (χ0v) is 2.75. The summed E-state index contributed by atoms with van der Waals surface area (Å²) in [4.78, 5) is 9.15. The first-order valence-electron chi connectivity index (χ1n) is 1.10. The van der Waals surface area contributed by atoms with E-state index in [1.807, 2.05) is 0 Å². The van der Waals surface area contributed by atoms with Gasteiger partial charge in [0.05, 0.1) is 0 Å². The summed E-state index contributed by atoms with van der Waals surface area (Å²) in [5.41, 5.74) is 0. The van der Waals surface area contributed by atoms with Gasteiger partial charge in [0, 0.05) is 0 Å². The summed E-state index contributed by atoms with van der Waals surface area (Å²) in [6, 6.07) is 0. The fraction of sp³-hybridized carbons (Fsp3) is 0. The average Bonchev–Trinajstić information content (AvgIpc) is 1.35. The van der Waals surface area contributed by atoms with Crippen LogP contribution in [0.4, 0.5) is 4.79 Å². The first kappa shape index (κ1) is 10.6. The Morgan fingerprint density at radius 3 is 2.14 bits per heavy atom. The third-order valence-electron chi connectivity index (χ3n) is 0.149. The molecule has 0 aliphatic carbocycles. The van der Waals surface area contributed by atoms with Gasteiger partial charge in [-0.1, -0.05) is 0 Å². The van der Waals surface area contributed by atoms with Crippen molar-refractivity contribution in [1.82, 2.24) is 0 Å². The van der Waals surface area contributed by atoms with Crippen LogP contribution in [0.15, 0.2) is 0 Å². The van der Waals surface area contributed by atoms with Gasteiger partial charge in [-0.3, -0.25) is 0 Å². The summed E-state index contributed by atoms with van der Waals surface area (Å²) < 4.78 is 12.3. The molecule has 0 aliphatic rings. The predicted octanol–water partition coefficient (Wildman–Crippen LogP) is -1.27. The maximum absolute atomic E-state index is 9.15.